The standard InChI is InChI=1S/C12H14BrNO/c13-11-5-1-2-6-12(11)14-8-3-4-10(15)7-9-14/h1-2,5-6H,3-4,7-9H2. The molecule has 0 amide bonds. The molecular weight excluding hydrogens is 254 g/mol. The smallest absolute Gasteiger partial charge is 0.134 e. The van der Waals surface area contributed by atoms with Gasteiger partial charge in [0.25, 0.3) is 0 Å². The van der Waals surface area contributed by atoms with Crippen molar-refractivity contribution in [2.75, 3.05) is 18.0 Å². The highest BCUT2D eigenvalue weighted by molar-refractivity contribution is 9.10. The quantitative estimate of drug-likeness (QED) is 0.780. The van der Waals surface area contributed by atoms with Gasteiger partial charge in [-0.15, -0.1) is 0 Å². The van der Waals surface area contributed by atoms with Crippen molar-refractivity contribution < 1.29 is 4.79 Å². The van der Waals surface area contributed by atoms with Crippen molar-refractivity contribution in [2.24, 2.45) is 0 Å². The molecule has 1 saturated heterocycles. The maximum Gasteiger partial charge on any atom is 0.134 e. The molecule has 0 aliphatic carbocycles. The molecule has 1 fully saturated rings. The van der Waals surface area contributed by atoms with Crippen LogP contribution >= 0.6 is 15.9 Å². The molecule has 0 unspecified atom stereocenters. The molecule has 80 valence electrons. The molecule has 1 aromatic rings. The first-order chi connectivity index (χ1) is 7.27. The van der Waals surface area contributed by atoms with E-state index in [0.29, 0.717) is 12.2 Å². The predicted octanol–water partition coefficient (Wildman–Crippen LogP) is 3.01. The maximum atomic E-state index is 11.3. The topological polar surface area (TPSA) is 20.3 Å². The largest absolute Gasteiger partial charge is 0.370 e. The van der Waals surface area contributed by atoms with E-state index >= 15 is 0 Å². The number of benzene rings is 1. The van der Waals surface area contributed by atoms with E-state index in [1.165, 1.54) is 5.69 Å². The highest BCUT2D eigenvalue weighted by atomic mass is 79.9. The van der Waals surface area contributed by atoms with Gasteiger partial charge in [0.2, 0.25) is 0 Å². The van der Waals surface area contributed by atoms with E-state index in [2.05, 4.69) is 26.9 Å². The summed E-state index contributed by atoms with van der Waals surface area (Å²) in [6, 6.07) is 8.19. The van der Waals surface area contributed by atoms with E-state index < -0.39 is 0 Å². The molecule has 1 heterocycles. The van der Waals surface area contributed by atoms with Gasteiger partial charge in [0.15, 0.2) is 0 Å². The first-order valence-electron chi connectivity index (χ1n) is 5.28. The Bertz CT molecular complexity index is 364. The van der Waals surface area contributed by atoms with E-state index in [1.54, 1.807) is 0 Å². The van der Waals surface area contributed by atoms with Crippen LogP contribution < -0.4 is 4.90 Å². The number of nitrogens with zero attached hydrogens (tertiary/aromatic N) is 1. The number of carbonyl (C=O) groups excluding carboxylic acids is 1. The van der Waals surface area contributed by atoms with Gasteiger partial charge in [-0.3, -0.25) is 4.79 Å². The fraction of sp³-hybridized carbons (Fsp3) is 0.417. The zero-order valence-corrected chi connectivity index (χ0v) is 10.2. The molecule has 0 atom stereocenters. The van der Waals surface area contributed by atoms with Crippen molar-refractivity contribution in [3.05, 3.63) is 28.7 Å². The third-order valence-electron chi connectivity index (χ3n) is 2.74. The lowest BCUT2D eigenvalue weighted by Crippen LogP contribution is -2.24. The van der Waals surface area contributed by atoms with Gasteiger partial charge in [0.1, 0.15) is 5.78 Å². The van der Waals surface area contributed by atoms with Gasteiger partial charge in [-0.25, -0.2) is 0 Å². The Labute approximate surface area is 98.4 Å². The van der Waals surface area contributed by atoms with E-state index in [1.807, 2.05) is 18.2 Å². The highest BCUT2D eigenvalue weighted by Gasteiger charge is 2.15. The summed E-state index contributed by atoms with van der Waals surface area (Å²) in [5.41, 5.74) is 1.20. The summed E-state index contributed by atoms with van der Waals surface area (Å²) in [6.07, 6.45) is 2.39. The van der Waals surface area contributed by atoms with Crippen LogP contribution in [-0.2, 0) is 4.79 Å². The highest BCUT2D eigenvalue weighted by Crippen LogP contribution is 2.27. The number of Topliss-reactive ketones (excluding diaryl/α,β-unsaturated/α-hetero) is 1. The summed E-state index contributed by atoms with van der Waals surface area (Å²) in [6.45, 7) is 1.83. The van der Waals surface area contributed by atoms with E-state index in [4.69, 9.17) is 0 Å². The van der Waals surface area contributed by atoms with Crippen LogP contribution in [0.4, 0.5) is 5.69 Å². The third-order valence-corrected chi connectivity index (χ3v) is 3.41. The Morgan fingerprint density at radius 2 is 1.93 bits per heavy atom. The van der Waals surface area contributed by atoms with Crippen LogP contribution in [0.5, 0.6) is 0 Å². The number of rotatable bonds is 1. The molecule has 0 saturated carbocycles. The number of carbonyl (C=O) groups is 1. The normalized spacial score (nSPS) is 17.7. The van der Waals surface area contributed by atoms with Crippen LogP contribution in [0.3, 0.4) is 0 Å². The summed E-state index contributed by atoms with van der Waals surface area (Å²) < 4.78 is 1.11. The van der Waals surface area contributed by atoms with Crippen molar-refractivity contribution in [3.8, 4) is 0 Å². The Hall–Kier alpha value is -0.830. The SMILES string of the molecule is O=C1CCCN(c2ccccc2Br)CC1. The Morgan fingerprint density at radius 3 is 2.73 bits per heavy atom. The van der Waals surface area contributed by atoms with Gasteiger partial charge in [-0.2, -0.15) is 0 Å². The monoisotopic (exact) mass is 267 g/mol. The van der Waals surface area contributed by atoms with Crippen LogP contribution in [0.2, 0.25) is 0 Å². The number of ketones is 1. The first kappa shape index (κ1) is 10.7. The zero-order valence-electron chi connectivity index (χ0n) is 8.58. The molecule has 1 aliphatic rings. The number of hydrogen-bond donors (Lipinski definition) is 0. The average Bonchev–Trinajstić information content (AvgIpc) is 2.44. The molecule has 1 aliphatic heterocycles. The van der Waals surface area contributed by atoms with Crippen LogP contribution in [0.15, 0.2) is 28.7 Å². The Morgan fingerprint density at radius 1 is 1.13 bits per heavy atom. The molecule has 2 rings (SSSR count). The first-order valence-corrected chi connectivity index (χ1v) is 6.08. The van der Waals surface area contributed by atoms with Crippen LogP contribution in [0.1, 0.15) is 19.3 Å². The lowest BCUT2D eigenvalue weighted by atomic mass is 10.2. The minimum absolute atomic E-state index is 0.393. The Balaban J connectivity index is 2.16. The van der Waals surface area contributed by atoms with Gasteiger partial charge < -0.3 is 4.90 Å². The Kier molecular flexibility index (Phi) is 3.41. The molecule has 3 heteroatoms. The predicted molar refractivity (Wildman–Crippen MR) is 65.2 cm³/mol. The summed E-state index contributed by atoms with van der Waals surface area (Å²) in [7, 11) is 0. The van der Waals surface area contributed by atoms with Crippen molar-refractivity contribution in [1.29, 1.82) is 0 Å². The van der Waals surface area contributed by atoms with E-state index in [-0.39, 0.29) is 0 Å². The number of halogens is 1. The lowest BCUT2D eigenvalue weighted by Gasteiger charge is -2.23. The van der Waals surface area contributed by atoms with Gasteiger partial charge in [0.05, 0.1) is 5.69 Å². The minimum atomic E-state index is 0.393. The fourth-order valence-corrected chi connectivity index (χ4v) is 2.45. The summed E-state index contributed by atoms with van der Waals surface area (Å²) in [5, 5.41) is 0. The molecule has 0 spiro atoms. The molecule has 1 aromatic carbocycles. The second kappa shape index (κ2) is 4.79. The van der Waals surface area contributed by atoms with Gasteiger partial charge in [-0.1, -0.05) is 12.1 Å². The van der Waals surface area contributed by atoms with Gasteiger partial charge >= 0.3 is 0 Å². The molecule has 15 heavy (non-hydrogen) atoms. The second-order valence-electron chi connectivity index (χ2n) is 3.83. The second-order valence-corrected chi connectivity index (χ2v) is 4.69. The van der Waals surface area contributed by atoms with Crippen molar-refractivity contribution >= 4 is 27.4 Å². The molecular formula is C12H14BrNO. The van der Waals surface area contributed by atoms with Gasteiger partial charge in [-0.05, 0) is 34.5 Å². The lowest BCUT2D eigenvalue weighted by molar-refractivity contribution is -0.118. The minimum Gasteiger partial charge on any atom is -0.370 e. The fourth-order valence-electron chi connectivity index (χ4n) is 1.91. The molecule has 0 radical (unpaired) electrons. The molecule has 0 aromatic heterocycles. The molecule has 0 bridgehead atoms. The summed E-state index contributed by atoms with van der Waals surface area (Å²) in [4.78, 5) is 13.6. The summed E-state index contributed by atoms with van der Waals surface area (Å²) in [5.74, 6) is 0.393. The van der Waals surface area contributed by atoms with Crippen LogP contribution in [-0.4, -0.2) is 18.9 Å². The average molecular weight is 268 g/mol. The third kappa shape index (κ3) is 2.59. The maximum absolute atomic E-state index is 11.3. The van der Waals surface area contributed by atoms with Crippen molar-refractivity contribution in [3.63, 3.8) is 0 Å². The number of hydrogen-bond acceptors (Lipinski definition) is 2. The van der Waals surface area contributed by atoms with E-state index in [9.17, 15) is 4.79 Å². The molecule has 2 nitrogen and oxygen atoms in total. The summed E-state index contributed by atoms with van der Waals surface area (Å²) >= 11 is 3.55. The molecule has 0 N–H and O–H groups in total. The van der Waals surface area contributed by atoms with Crippen LogP contribution in [0, 0.1) is 0 Å². The number of anilines is 1. The van der Waals surface area contributed by atoms with Crippen LogP contribution in [0.25, 0.3) is 0 Å². The van der Waals surface area contributed by atoms with Crippen molar-refractivity contribution in [1.82, 2.24) is 0 Å². The zero-order chi connectivity index (χ0) is 10.7. The van der Waals surface area contributed by atoms with Crippen molar-refractivity contribution in [2.45, 2.75) is 19.3 Å². The van der Waals surface area contributed by atoms with E-state index in [0.717, 1.165) is 30.4 Å². The van der Waals surface area contributed by atoms with Gasteiger partial charge in [0, 0.05) is 30.4 Å². The number of para-hydroxylation sites is 1.